The molecule has 0 amide bonds. The third kappa shape index (κ3) is 4.48. The fraction of sp³-hybridized carbons (Fsp3) is 0.0952. The minimum atomic E-state index is -6.24. The summed E-state index contributed by atoms with van der Waals surface area (Å²) in [5, 5.41) is -0.125. The number of alkyl halides is 3. The summed E-state index contributed by atoms with van der Waals surface area (Å²) in [6, 6.07) is 17.7. The first-order valence-corrected chi connectivity index (χ1v) is 10.8. The van der Waals surface area contributed by atoms with Gasteiger partial charge in [0.25, 0.3) is 0 Å². The highest BCUT2D eigenvalue weighted by Gasteiger charge is 2.56. The molecule has 3 aromatic carbocycles. The van der Waals surface area contributed by atoms with E-state index in [4.69, 9.17) is 27.4 Å². The van der Waals surface area contributed by atoms with Crippen molar-refractivity contribution in [3.63, 3.8) is 0 Å². The second-order valence-corrected chi connectivity index (χ2v) is 8.73. The van der Waals surface area contributed by atoms with Gasteiger partial charge in [0.2, 0.25) is 11.4 Å². The van der Waals surface area contributed by atoms with Crippen LogP contribution in [0.2, 0.25) is 10.0 Å². The van der Waals surface area contributed by atoms with Gasteiger partial charge in [0.1, 0.15) is 0 Å². The zero-order valence-electron chi connectivity index (χ0n) is 15.4. The third-order valence-electron chi connectivity index (χ3n) is 4.36. The zero-order chi connectivity index (χ0) is 22.9. The van der Waals surface area contributed by atoms with Gasteiger partial charge in [-0.05, 0) is 17.7 Å². The highest BCUT2D eigenvalue weighted by atomic mass is 35.5. The number of hydrogen-bond donors (Lipinski definition) is 0. The van der Waals surface area contributed by atoms with Crippen molar-refractivity contribution in [1.82, 2.24) is 0 Å². The van der Waals surface area contributed by atoms with Gasteiger partial charge >= 0.3 is 15.6 Å². The molecule has 0 aliphatic carbocycles. The Morgan fingerprint density at radius 2 is 1.39 bits per heavy atom. The fourth-order valence-corrected chi connectivity index (χ4v) is 4.22. The van der Waals surface area contributed by atoms with Crippen LogP contribution in [0, 0.1) is 0 Å². The van der Waals surface area contributed by atoms with Crippen molar-refractivity contribution in [2.24, 2.45) is 0 Å². The van der Waals surface area contributed by atoms with E-state index < -0.39 is 27.0 Å². The van der Waals surface area contributed by atoms with Crippen LogP contribution in [0.1, 0.15) is 21.5 Å². The van der Waals surface area contributed by atoms with E-state index in [9.17, 15) is 26.4 Å². The zero-order valence-corrected chi connectivity index (χ0v) is 17.8. The molecule has 0 N–H and O–H groups in total. The molecule has 31 heavy (non-hydrogen) atoms. The van der Waals surface area contributed by atoms with Crippen LogP contribution in [0.25, 0.3) is 0 Å². The van der Waals surface area contributed by atoms with Crippen molar-refractivity contribution in [3.05, 3.63) is 106 Å². The van der Waals surface area contributed by atoms with E-state index in [1.54, 1.807) is 12.1 Å². The number of benzene rings is 3. The van der Waals surface area contributed by atoms with E-state index in [1.165, 1.54) is 60.7 Å². The van der Waals surface area contributed by atoms with Crippen LogP contribution in [0.4, 0.5) is 13.2 Å². The number of carbonyl (C=O) groups excluding carboxylic acids is 1. The molecule has 4 nitrogen and oxygen atoms in total. The molecular formula is C21H13Cl2F3O4S. The molecule has 0 aromatic heterocycles. The standard InChI is InChI=1S/C21H13Cl2F3O4S/c22-16-11-12-17(18(23)13-16)20(15-9-5-2-6-10-15,30-31(28,29)21(24,25)26)19(27)14-7-3-1-4-8-14/h1-13H. The van der Waals surface area contributed by atoms with Gasteiger partial charge in [-0.3, -0.25) is 4.79 Å². The monoisotopic (exact) mass is 488 g/mol. The van der Waals surface area contributed by atoms with Crippen molar-refractivity contribution >= 4 is 39.1 Å². The number of ketones is 1. The molecule has 0 radical (unpaired) electrons. The van der Waals surface area contributed by atoms with E-state index in [0.29, 0.717) is 0 Å². The Bertz CT molecular complexity index is 1200. The molecule has 3 aromatic rings. The highest BCUT2D eigenvalue weighted by molar-refractivity contribution is 7.87. The SMILES string of the molecule is O=C(c1ccccc1)C(OS(=O)(=O)C(F)(F)F)(c1ccccc1)c1ccc(Cl)cc1Cl. The number of hydrogen-bond acceptors (Lipinski definition) is 4. The largest absolute Gasteiger partial charge is 0.523 e. The first-order chi connectivity index (χ1) is 14.5. The first kappa shape index (κ1) is 23.3. The van der Waals surface area contributed by atoms with Gasteiger partial charge in [-0.1, -0.05) is 89.9 Å². The van der Waals surface area contributed by atoms with Crippen molar-refractivity contribution in [1.29, 1.82) is 0 Å². The summed E-state index contributed by atoms with van der Waals surface area (Å²) < 4.78 is 69.1. The molecule has 1 unspecified atom stereocenters. The number of halogens is 5. The van der Waals surface area contributed by atoms with Crippen LogP contribution < -0.4 is 0 Å². The summed E-state index contributed by atoms with van der Waals surface area (Å²) >= 11 is 12.2. The van der Waals surface area contributed by atoms with E-state index in [0.717, 1.165) is 6.07 Å². The molecule has 0 fully saturated rings. The third-order valence-corrected chi connectivity index (χ3v) is 5.95. The molecule has 0 heterocycles. The topological polar surface area (TPSA) is 60.4 Å². The Kier molecular flexibility index (Phi) is 6.48. The van der Waals surface area contributed by atoms with Crippen LogP contribution in [0.3, 0.4) is 0 Å². The average molecular weight is 489 g/mol. The Balaban J connectivity index is 2.43. The molecule has 0 bridgehead atoms. The van der Waals surface area contributed by atoms with Gasteiger partial charge in [-0.15, -0.1) is 0 Å². The van der Waals surface area contributed by atoms with Crippen LogP contribution in [-0.2, 0) is 19.9 Å². The molecule has 0 aliphatic heterocycles. The molecule has 162 valence electrons. The Morgan fingerprint density at radius 1 is 0.839 bits per heavy atom. The summed E-state index contributed by atoms with van der Waals surface area (Å²) in [6.07, 6.45) is 0. The van der Waals surface area contributed by atoms with Gasteiger partial charge in [-0.25, -0.2) is 4.18 Å². The lowest BCUT2D eigenvalue weighted by Gasteiger charge is -2.33. The first-order valence-electron chi connectivity index (χ1n) is 8.62. The van der Waals surface area contributed by atoms with E-state index in [2.05, 4.69) is 0 Å². The second-order valence-electron chi connectivity index (χ2n) is 6.35. The van der Waals surface area contributed by atoms with Crippen LogP contribution >= 0.6 is 23.2 Å². The number of carbonyl (C=O) groups is 1. The quantitative estimate of drug-likeness (QED) is 0.243. The maximum atomic E-state index is 13.7. The van der Waals surface area contributed by atoms with E-state index in [1.807, 2.05) is 0 Å². The van der Waals surface area contributed by atoms with E-state index >= 15 is 0 Å². The van der Waals surface area contributed by atoms with Crippen LogP contribution in [0.5, 0.6) is 0 Å². The molecule has 10 heteroatoms. The lowest BCUT2D eigenvalue weighted by molar-refractivity contribution is -0.0602. The summed E-state index contributed by atoms with van der Waals surface area (Å²) in [5.74, 6) is -1.06. The predicted octanol–water partition coefficient (Wildman–Crippen LogP) is 5.99. The molecule has 0 saturated heterocycles. The summed E-state index contributed by atoms with van der Waals surface area (Å²) in [6.45, 7) is 0. The Labute approximate surface area is 186 Å². The Morgan fingerprint density at radius 3 is 1.90 bits per heavy atom. The molecule has 3 rings (SSSR count). The van der Waals surface area contributed by atoms with Crippen LogP contribution in [0.15, 0.2) is 78.9 Å². The van der Waals surface area contributed by atoms with Gasteiger partial charge in [0.15, 0.2) is 0 Å². The van der Waals surface area contributed by atoms with Crippen molar-refractivity contribution in [3.8, 4) is 0 Å². The fourth-order valence-electron chi connectivity index (χ4n) is 2.99. The lowest BCUT2D eigenvalue weighted by Crippen LogP contribution is -2.45. The van der Waals surface area contributed by atoms with Crippen molar-refractivity contribution in [2.45, 2.75) is 11.1 Å². The van der Waals surface area contributed by atoms with E-state index in [-0.39, 0.29) is 26.7 Å². The van der Waals surface area contributed by atoms with Gasteiger partial charge in [0.05, 0.1) is 0 Å². The summed E-state index contributed by atoms with van der Waals surface area (Å²) in [5.41, 5.74) is -9.12. The van der Waals surface area contributed by atoms with Crippen LogP contribution in [-0.4, -0.2) is 19.7 Å². The summed E-state index contributed by atoms with van der Waals surface area (Å²) in [4.78, 5) is 13.7. The average Bonchev–Trinajstić information content (AvgIpc) is 2.72. The molecule has 0 saturated carbocycles. The smallest absolute Gasteiger partial charge is 0.290 e. The lowest BCUT2D eigenvalue weighted by atomic mass is 9.80. The van der Waals surface area contributed by atoms with Gasteiger partial charge in [0, 0.05) is 21.2 Å². The maximum Gasteiger partial charge on any atom is 0.523 e. The van der Waals surface area contributed by atoms with Crippen molar-refractivity contribution < 1.29 is 30.6 Å². The Hall–Kier alpha value is -2.39. The van der Waals surface area contributed by atoms with Gasteiger partial charge < -0.3 is 0 Å². The minimum Gasteiger partial charge on any atom is -0.290 e. The summed E-state index contributed by atoms with van der Waals surface area (Å²) in [7, 11) is -6.24. The molecular weight excluding hydrogens is 476 g/mol. The molecule has 0 aliphatic rings. The molecule has 0 spiro atoms. The normalized spacial score (nSPS) is 14.1. The van der Waals surface area contributed by atoms with Crippen molar-refractivity contribution in [2.75, 3.05) is 0 Å². The number of rotatable bonds is 6. The predicted molar refractivity (Wildman–Crippen MR) is 111 cm³/mol. The highest BCUT2D eigenvalue weighted by Crippen LogP contribution is 2.44. The van der Waals surface area contributed by atoms with Gasteiger partial charge in [-0.2, -0.15) is 21.6 Å². The number of Topliss-reactive ketones (excluding diaryl/α,β-unsaturated/α-hetero) is 1. The minimum absolute atomic E-state index is 0.0882. The molecule has 1 atom stereocenters. The maximum absolute atomic E-state index is 13.7. The second kappa shape index (κ2) is 8.63.